The van der Waals surface area contributed by atoms with Crippen molar-refractivity contribution < 1.29 is 9.90 Å². The van der Waals surface area contributed by atoms with Gasteiger partial charge in [0.15, 0.2) is 0 Å². The van der Waals surface area contributed by atoms with Crippen molar-refractivity contribution in [2.45, 2.75) is 6.04 Å². The number of hydrogen-bond acceptors (Lipinski definition) is 5. The van der Waals surface area contributed by atoms with Crippen molar-refractivity contribution in [3.8, 4) is 0 Å². The summed E-state index contributed by atoms with van der Waals surface area (Å²) in [6.45, 7) is 0. The third kappa shape index (κ3) is 1.83. The second-order valence-electron chi connectivity index (χ2n) is 2.92. The molecule has 6 nitrogen and oxygen atoms in total. The molecule has 76 valence electrons. The van der Waals surface area contributed by atoms with Gasteiger partial charge in [0.05, 0.1) is 5.97 Å². The maximum absolute atomic E-state index is 11.0. The minimum Gasteiger partial charge on any atom is -0.547 e. The average molecular weight is 203 g/mol. The standard InChI is InChI=1S/C9H8N4O2/c14-9(15)8(13-6-10-11-12-13)7-4-2-1-3-5-7/h1-6,8H,(H,14,15)/p-1/t8-/m1/s1. The monoisotopic (exact) mass is 203 g/mol. The van der Waals surface area contributed by atoms with Crippen LogP contribution in [0.2, 0.25) is 0 Å². The molecular weight excluding hydrogens is 196 g/mol. The van der Waals surface area contributed by atoms with Crippen molar-refractivity contribution in [1.29, 1.82) is 0 Å². The second-order valence-corrected chi connectivity index (χ2v) is 2.92. The molecule has 0 unspecified atom stereocenters. The lowest BCUT2D eigenvalue weighted by Crippen LogP contribution is -2.34. The lowest BCUT2D eigenvalue weighted by molar-refractivity contribution is -0.309. The molecule has 0 bridgehead atoms. The minimum atomic E-state index is -1.24. The van der Waals surface area contributed by atoms with Crippen molar-refractivity contribution in [3.63, 3.8) is 0 Å². The van der Waals surface area contributed by atoms with Gasteiger partial charge in [-0.25, -0.2) is 4.68 Å². The van der Waals surface area contributed by atoms with E-state index in [2.05, 4.69) is 15.5 Å². The van der Waals surface area contributed by atoms with E-state index in [0.717, 1.165) is 4.68 Å². The van der Waals surface area contributed by atoms with Crippen molar-refractivity contribution in [1.82, 2.24) is 20.2 Å². The average Bonchev–Trinajstić information content (AvgIpc) is 2.72. The van der Waals surface area contributed by atoms with E-state index < -0.39 is 12.0 Å². The first-order valence-corrected chi connectivity index (χ1v) is 4.27. The zero-order valence-electron chi connectivity index (χ0n) is 7.65. The highest BCUT2D eigenvalue weighted by atomic mass is 16.4. The lowest BCUT2D eigenvalue weighted by atomic mass is 10.1. The first-order valence-electron chi connectivity index (χ1n) is 4.27. The molecule has 0 aliphatic carbocycles. The highest BCUT2D eigenvalue weighted by Crippen LogP contribution is 2.15. The quantitative estimate of drug-likeness (QED) is 0.639. The van der Waals surface area contributed by atoms with E-state index in [-0.39, 0.29) is 0 Å². The molecule has 0 aliphatic rings. The topological polar surface area (TPSA) is 83.7 Å². The van der Waals surface area contributed by atoms with Crippen molar-refractivity contribution in [3.05, 3.63) is 42.2 Å². The number of aromatic nitrogens is 4. The Labute approximate surface area is 85.2 Å². The number of carboxylic acid groups (broad SMARTS) is 1. The van der Waals surface area contributed by atoms with Crippen molar-refractivity contribution in [2.75, 3.05) is 0 Å². The van der Waals surface area contributed by atoms with Crippen LogP contribution in [0.1, 0.15) is 11.6 Å². The number of carbonyl (C=O) groups is 1. The van der Waals surface area contributed by atoms with Gasteiger partial charge in [-0.15, -0.1) is 5.10 Å². The number of rotatable bonds is 3. The van der Waals surface area contributed by atoms with Gasteiger partial charge in [-0.3, -0.25) is 0 Å². The number of tetrazole rings is 1. The molecule has 1 aromatic carbocycles. The highest BCUT2D eigenvalue weighted by molar-refractivity contribution is 5.73. The number of benzene rings is 1. The maximum Gasteiger partial charge on any atom is 0.139 e. The number of nitrogens with zero attached hydrogens (tertiary/aromatic N) is 4. The van der Waals surface area contributed by atoms with Crippen LogP contribution >= 0.6 is 0 Å². The van der Waals surface area contributed by atoms with Crippen LogP contribution < -0.4 is 5.11 Å². The highest BCUT2D eigenvalue weighted by Gasteiger charge is 2.15. The summed E-state index contributed by atoms with van der Waals surface area (Å²) in [7, 11) is 0. The number of carboxylic acids is 1. The van der Waals surface area contributed by atoms with Crippen molar-refractivity contribution >= 4 is 5.97 Å². The van der Waals surface area contributed by atoms with Gasteiger partial charge in [-0.05, 0) is 16.0 Å². The fourth-order valence-electron chi connectivity index (χ4n) is 1.32. The maximum atomic E-state index is 11.0. The van der Waals surface area contributed by atoms with Crippen LogP contribution in [0, 0.1) is 0 Å². The van der Waals surface area contributed by atoms with Crippen LogP contribution in [0.15, 0.2) is 36.7 Å². The van der Waals surface area contributed by atoms with E-state index in [4.69, 9.17) is 0 Å². The molecule has 0 aliphatic heterocycles. The summed E-state index contributed by atoms with van der Waals surface area (Å²) in [4.78, 5) is 11.0. The predicted octanol–water partition coefficient (Wildman–Crippen LogP) is -0.988. The lowest BCUT2D eigenvalue weighted by Gasteiger charge is -2.17. The molecule has 0 spiro atoms. The Balaban J connectivity index is 2.42. The van der Waals surface area contributed by atoms with Gasteiger partial charge in [-0.1, -0.05) is 30.3 Å². The summed E-state index contributed by atoms with van der Waals surface area (Å²) in [5.74, 6) is -1.24. The van der Waals surface area contributed by atoms with Gasteiger partial charge in [0, 0.05) is 0 Å². The smallest absolute Gasteiger partial charge is 0.139 e. The third-order valence-electron chi connectivity index (χ3n) is 1.97. The molecule has 0 N–H and O–H groups in total. The largest absolute Gasteiger partial charge is 0.547 e. The minimum absolute atomic E-state index is 0.574. The Hall–Kier alpha value is -2.24. The number of carbonyl (C=O) groups excluding carboxylic acids is 1. The molecule has 6 heteroatoms. The molecular formula is C9H7N4O2-. The van der Waals surface area contributed by atoms with Crippen LogP contribution in [-0.2, 0) is 4.79 Å². The molecule has 0 saturated carbocycles. The molecule has 0 radical (unpaired) electrons. The Kier molecular flexibility index (Phi) is 2.40. The molecule has 1 atom stereocenters. The number of aliphatic carboxylic acids is 1. The Bertz CT molecular complexity index is 440. The summed E-state index contributed by atoms with van der Waals surface area (Å²) >= 11 is 0. The first kappa shape index (κ1) is 9.32. The fourth-order valence-corrected chi connectivity index (χ4v) is 1.32. The third-order valence-corrected chi connectivity index (χ3v) is 1.97. The van der Waals surface area contributed by atoms with Gasteiger partial charge in [-0.2, -0.15) is 0 Å². The normalized spacial score (nSPS) is 12.3. The zero-order valence-corrected chi connectivity index (χ0v) is 7.65. The van der Waals surface area contributed by atoms with E-state index >= 15 is 0 Å². The summed E-state index contributed by atoms with van der Waals surface area (Å²) < 4.78 is 1.14. The Morgan fingerprint density at radius 3 is 2.60 bits per heavy atom. The van der Waals surface area contributed by atoms with E-state index in [1.54, 1.807) is 30.3 Å². The van der Waals surface area contributed by atoms with Crippen LogP contribution in [0.5, 0.6) is 0 Å². The van der Waals surface area contributed by atoms with Gasteiger partial charge in [0.2, 0.25) is 0 Å². The number of hydrogen-bond donors (Lipinski definition) is 0. The summed E-state index contributed by atoms with van der Waals surface area (Å²) in [6, 6.07) is 7.67. The van der Waals surface area contributed by atoms with Crippen LogP contribution in [0.3, 0.4) is 0 Å². The van der Waals surface area contributed by atoms with Crippen LogP contribution in [-0.4, -0.2) is 26.2 Å². The van der Waals surface area contributed by atoms with E-state index in [1.165, 1.54) is 6.33 Å². The van der Waals surface area contributed by atoms with Gasteiger partial charge >= 0.3 is 0 Å². The Morgan fingerprint density at radius 2 is 2.07 bits per heavy atom. The molecule has 1 heterocycles. The summed E-state index contributed by atoms with van der Waals surface area (Å²) in [5.41, 5.74) is 0.574. The molecule has 15 heavy (non-hydrogen) atoms. The van der Waals surface area contributed by atoms with Gasteiger partial charge < -0.3 is 9.90 Å². The molecule has 0 amide bonds. The summed E-state index contributed by atoms with van der Waals surface area (Å²) in [6.07, 6.45) is 1.24. The fraction of sp³-hybridized carbons (Fsp3) is 0.111. The predicted molar refractivity (Wildman–Crippen MR) is 47.4 cm³/mol. The molecule has 1 aromatic heterocycles. The van der Waals surface area contributed by atoms with E-state index in [9.17, 15) is 9.90 Å². The molecule has 2 rings (SSSR count). The summed E-state index contributed by atoms with van der Waals surface area (Å²) in [5, 5.41) is 21.3. The Morgan fingerprint density at radius 1 is 1.33 bits per heavy atom. The molecule has 2 aromatic rings. The molecule has 0 saturated heterocycles. The van der Waals surface area contributed by atoms with Crippen LogP contribution in [0.4, 0.5) is 0 Å². The SMILES string of the molecule is O=C([O-])[C@@H](c1ccccc1)n1cnnn1. The van der Waals surface area contributed by atoms with Crippen molar-refractivity contribution in [2.24, 2.45) is 0 Å². The van der Waals surface area contributed by atoms with Gasteiger partial charge in [0.1, 0.15) is 12.4 Å². The molecule has 0 fully saturated rings. The first-order chi connectivity index (χ1) is 7.29. The zero-order chi connectivity index (χ0) is 10.7. The van der Waals surface area contributed by atoms with Gasteiger partial charge in [0.25, 0.3) is 0 Å². The van der Waals surface area contributed by atoms with E-state index in [1.807, 2.05) is 0 Å². The van der Waals surface area contributed by atoms with E-state index in [0.29, 0.717) is 5.56 Å². The second kappa shape index (κ2) is 3.87. The van der Waals surface area contributed by atoms with Crippen LogP contribution in [0.25, 0.3) is 0 Å².